The third-order valence-corrected chi connectivity index (χ3v) is 4.25. The molecule has 0 saturated carbocycles. The summed E-state index contributed by atoms with van der Waals surface area (Å²) < 4.78 is 0. The molecule has 0 bridgehead atoms. The maximum Gasteiger partial charge on any atom is 0.326 e. The number of carboxylic acids is 1. The number of carbonyl (C=O) groups is 3. The van der Waals surface area contributed by atoms with E-state index in [1.165, 1.54) is 4.90 Å². The van der Waals surface area contributed by atoms with E-state index in [2.05, 4.69) is 5.32 Å². The minimum atomic E-state index is -1.02. The van der Waals surface area contributed by atoms with Gasteiger partial charge in [-0.15, -0.1) is 0 Å². The van der Waals surface area contributed by atoms with Crippen molar-refractivity contribution in [3.05, 3.63) is 0 Å². The summed E-state index contributed by atoms with van der Waals surface area (Å²) in [5.74, 6) is -1.47. The molecule has 6 nitrogen and oxygen atoms in total. The van der Waals surface area contributed by atoms with Gasteiger partial charge in [-0.05, 0) is 25.2 Å². The Balaban J connectivity index is 2.30. The van der Waals surface area contributed by atoms with Gasteiger partial charge in [0.05, 0.1) is 0 Å². The maximum atomic E-state index is 12.5. The molecular weight excluding hydrogens is 248 g/mol. The zero-order chi connectivity index (χ0) is 14.2. The van der Waals surface area contributed by atoms with Crippen molar-refractivity contribution >= 4 is 17.8 Å². The summed E-state index contributed by atoms with van der Waals surface area (Å²) in [5.41, 5.74) is 0. The van der Waals surface area contributed by atoms with Crippen LogP contribution in [0.5, 0.6) is 0 Å². The lowest BCUT2D eigenvalue weighted by Gasteiger charge is -2.45. The number of aliphatic carboxylic acids is 1. The Hall–Kier alpha value is -1.59. The lowest BCUT2D eigenvalue weighted by atomic mass is 9.87. The topological polar surface area (TPSA) is 86.7 Å². The second-order valence-electron chi connectivity index (χ2n) is 5.42. The number of nitrogens with zero attached hydrogens (tertiary/aromatic N) is 1. The van der Waals surface area contributed by atoms with Gasteiger partial charge in [0.1, 0.15) is 18.1 Å². The van der Waals surface area contributed by atoms with Crippen molar-refractivity contribution in [2.45, 2.75) is 57.7 Å². The molecule has 0 aliphatic carbocycles. The number of hydrogen-bond acceptors (Lipinski definition) is 3. The normalized spacial score (nSPS) is 32.5. The predicted octanol–water partition coefficient (Wildman–Crippen LogP) is 0.365. The largest absolute Gasteiger partial charge is 0.480 e. The van der Waals surface area contributed by atoms with E-state index >= 15 is 0 Å². The minimum absolute atomic E-state index is 0.00812. The van der Waals surface area contributed by atoms with E-state index in [0.29, 0.717) is 19.3 Å². The molecule has 0 aromatic heterocycles. The Bertz CT molecular complexity index is 403. The molecule has 0 spiro atoms. The first-order chi connectivity index (χ1) is 8.97. The van der Waals surface area contributed by atoms with Crippen LogP contribution in [-0.4, -0.2) is 45.9 Å². The van der Waals surface area contributed by atoms with Crippen LogP contribution in [0.15, 0.2) is 0 Å². The van der Waals surface area contributed by atoms with E-state index < -0.39 is 24.1 Å². The Labute approximate surface area is 112 Å². The fraction of sp³-hybridized carbons (Fsp3) is 0.769. The predicted molar refractivity (Wildman–Crippen MR) is 67.3 cm³/mol. The number of amides is 2. The van der Waals surface area contributed by atoms with Crippen molar-refractivity contribution in [1.82, 2.24) is 10.2 Å². The quantitative estimate of drug-likeness (QED) is 0.774. The third kappa shape index (κ3) is 2.31. The molecule has 19 heavy (non-hydrogen) atoms. The molecule has 2 saturated heterocycles. The number of hydrogen-bond donors (Lipinski definition) is 2. The first kappa shape index (κ1) is 13.8. The molecule has 0 unspecified atom stereocenters. The van der Waals surface area contributed by atoms with Crippen molar-refractivity contribution in [1.29, 1.82) is 0 Å². The van der Waals surface area contributed by atoms with Gasteiger partial charge in [-0.3, -0.25) is 9.59 Å². The van der Waals surface area contributed by atoms with Gasteiger partial charge in [-0.1, -0.05) is 20.3 Å². The smallest absolute Gasteiger partial charge is 0.326 e. The number of carboxylic acid groups (broad SMARTS) is 1. The zero-order valence-electron chi connectivity index (χ0n) is 11.3. The number of fused-ring (bicyclic) bond motifs is 1. The van der Waals surface area contributed by atoms with E-state index in [4.69, 9.17) is 0 Å². The summed E-state index contributed by atoms with van der Waals surface area (Å²) in [6.45, 7) is 3.84. The van der Waals surface area contributed by atoms with Crippen molar-refractivity contribution in [2.24, 2.45) is 5.92 Å². The van der Waals surface area contributed by atoms with E-state index in [-0.39, 0.29) is 17.7 Å². The summed E-state index contributed by atoms with van der Waals surface area (Å²) >= 11 is 0. The third-order valence-electron chi connectivity index (χ3n) is 4.25. The lowest BCUT2D eigenvalue weighted by molar-refractivity contribution is -0.164. The molecule has 2 N–H and O–H groups in total. The summed E-state index contributed by atoms with van der Waals surface area (Å²) in [6, 6.07) is -2.06. The van der Waals surface area contributed by atoms with Gasteiger partial charge in [0.15, 0.2) is 0 Å². The molecule has 0 aromatic rings. The molecule has 0 aromatic carbocycles. The molecule has 106 valence electrons. The van der Waals surface area contributed by atoms with Gasteiger partial charge < -0.3 is 15.3 Å². The van der Waals surface area contributed by atoms with E-state index in [0.717, 1.165) is 6.42 Å². The van der Waals surface area contributed by atoms with Gasteiger partial charge >= 0.3 is 5.97 Å². The minimum Gasteiger partial charge on any atom is -0.480 e. The first-order valence-electron chi connectivity index (χ1n) is 6.82. The number of carbonyl (C=O) groups excluding carboxylic acids is 2. The van der Waals surface area contributed by atoms with Crippen LogP contribution in [0.2, 0.25) is 0 Å². The van der Waals surface area contributed by atoms with Crippen LogP contribution in [0.25, 0.3) is 0 Å². The average molecular weight is 268 g/mol. The Morgan fingerprint density at radius 2 is 2.16 bits per heavy atom. The highest BCUT2D eigenvalue weighted by Gasteiger charge is 2.48. The molecule has 2 aliphatic rings. The molecular formula is C13H20N2O4. The molecule has 2 amide bonds. The molecule has 6 heteroatoms. The Morgan fingerprint density at radius 1 is 1.47 bits per heavy atom. The second kappa shape index (κ2) is 5.19. The summed E-state index contributed by atoms with van der Waals surface area (Å²) in [5, 5.41) is 12.0. The first-order valence-corrected chi connectivity index (χ1v) is 6.82. The monoisotopic (exact) mass is 268 g/mol. The standard InChI is InChI=1S/C13H20N2O4/c1-3-7(2)10-12(17)15-8(11(16)14-10)5-4-6-9(15)13(18)19/h7-10H,3-6H2,1-2H3,(H,14,16)(H,18,19)/t7-,8+,9-,10+/m0/s1. The van der Waals surface area contributed by atoms with E-state index in [9.17, 15) is 19.5 Å². The molecule has 4 atom stereocenters. The Morgan fingerprint density at radius 3 is 2.74 bits per heavy atom. The number of nitrogens with one attached hydrogen (secondary N) is 1. The summed E-state index contributed by atoms with van der Waals surface area (Å²) in [7, 11) is 0. The molecule has 2 heterocycles. The van der Waals surface area contributed by atoms with Crippen LogP contribution in [0.4, 0.5) is 0 Å². The van der Waals surface area contributed by atoms with Gasteiger partial charge in [0, 0.05) is 0 Å². The number of rotatable bonds is 3. The van der Waals surface area contributed by atoms with E-state index in [1.54, 1.807) is 0 Å². The van der Waals surface area contributed by atoms with Gasteiger partial charge in [0.25, 0.3) is 0 Å². The zero-order valence-corrected chi connectivity index (χ0v) is 11.3. The average Bonchev–Trinajstić information content (AvgIpc) is 2.41. The Kier molecular flexibility index (Phi) is 3.78. The summed E-state index contributed by atoms with van der Waals surface area (Å²) in [6.07, 6.45) is 2.40. The number of piperazine rings is 1. The molecule has 2 fully saturated rings. The van der Waals surface area contributed by atoms with Crippen molar-refractivity contribution < 1.29 is 19.5 Å². The fourth-order valence-corrected chi connectivity index (χ4v) is 2.90. The maximum absolute atomic E-state index is 12.5. The fourth-order valence-electron chi connectivity index (χ4n) is 2.90. The van der Waals surface area contributed by atoms with Gasteiger partial charge in [-0.25, -0.2) is 4.79 Å². The van der Waals surface area contributed by atoms with Crippen molar-refractivity contribution in [2.75, 3.05) is 0 Å². The summed E-state index contributed by atoms with van der Waals surface area (Å²) in [4.78, 5) is 37.1. The highest BCUT2D eigenvalue weighted by molar-refractivity contribution is 5.99. The van der Waals surface area contributed by atoms with Crippen LogP contribution >= 0.6 is 0 Å². The van der Waals surface area contributed by atoms with Gasteiger partial charge in [-0.2, -0.15) is 0 Å². The van der Waals surface area contributed by atoms with Crippen molar-refractivity contribution in [3.8, 4) is 0 Å². The highest BCUT2D eigenvalue weighted by Crippen LogP contribution is 2.29. The van der Waals surface area contributed by atoms with Crippen LogP contribution in [0.1, 0.15) is 39.5 Å². The van der Waals surface area contributed by atoms with Crippen molar-refractivity contribution in [3.63, 3.8) is 0 Å². The van der Waals surface area contributed by atoms with Gasteiger partial charge in [0.2, 0.25) is 11.8 Å². The second-order valence-corrected chi connectivity index (χ2v) is 5.42. The van der Waals surface area contributed by atoms with Crippen LogP contribution in [-0.2, 0) is 14.4 Å². The van der Waals surface area contributed by atoms with E-state index in [1.807, 2.05) is 13.8 Å². The molecule has 2 rings (SSSR count). The lowest BCUT2D eigenvalue weighted by Crippen LogP contribution is -2.69. The van der Waals surface area contributed by atoms with Crippen LogP contribution < -0.4 is 5.32 Å². The molecule has 0 radical (unpaired) electrons. The van der Waals surface area contributed by atoms with Crippen LogP contribution in [0.3, 0.4) is 0 Å². The highest BCUT2D eigenvalue weighted by atomic mass is 16.4. The van der Waals surface area contributed by atoms with Crippen LogP contribution in [0, 0.1) is 5.92 Å². The molecule has 2 aliphatic heterocycles. The number of piperidine rings is 1. The SMILES string of the molecule is CC[C@H](C)[C@H]1NC(=O)[C@H]2CCC[C@@H](C(=O)O)N2C1=O.